The van der Waals surface area contributed by atoms with Crippen LogP contribution in [-0.2, 0) is 0 Å². The molecule has 268 valence electrons. The average molecular weight is 729 g/mol. The van der Waals surface area contributed by atoms with Gasteiger partial charge in [0.1, 0.15) is 11.2 Å². The Morgan fingerprint density at radius 3 is 1.67 bits per heavy atom. The minimum atomic E-state index is 0.893. The molecule has 0 aliphatic heterocycles. The molecule has 0 N–H and O–H groups in total. The molecule has 0 aliphatic carbocycles. The number of hydrogen-bond donors (Lipinski definition) is 0. The molecular weight excluding hydrogens is 693 g/mol. The van der Waals surface area contributed by atoms with E-state index in [0.717, 1.165) is 44.6 Å². The van der Waals surface area contributed by atoms with Crippen LogP contribution in [0.5, 0.6) is 0 Å². The maximum atomic E-state index is 6.07. The Labute approximate surface area is 330 Å². The smallest absolute Gasteiger partial charge is 0.135 e. The van der Waals surface area contributed by atoms with Gasteiger partial charge in [0.15, 0.2) is 0 Å². The topological polar surface area (TPSA) is 20.8 Å². The first-order chi connectivity index (χ1) is 28.2. The van der Waals surface area contributed by atoms with Crippen LogP contribution in [0.15, 0.2) is 217 Å². The van der Waals surface area contributed by atoms with Crippen molar-refractivity contribution in [2.75, 3.05) is 4.90 Å². The van der Waals surface area contributed by atoms with Gasteiger partial charge in [0, 0.05) is 49.4 Å². The molecule has 57 heavy (non-hydrogen) atoms. The van der Waals surface area contributed by atoms with Gasteiger partial charge in [0.25, 0.3) is 0 Å². The Kier molecular flexibility index (Phi) is 7.65. The van der Waals surface area contributed by atoms with Gasteiger partial charge in [-0.15, -0.1) is 0 Å². The first kappa shape index (κ1) is 32.8. The Hall–Kier alpha value is -7.62. The molecule has 0 spiro atoms. The molecule has 0 radical (unpaired) electrons. The predicted molar refractivity (Wildman–Crippen MR) is 242 cm³/mol. The van der Waals surface area contributed by atoms with Gasteiger partial charge < -0.3 is 13.7 Å². The molecule has 8 aromatic carbocycles. The van der Waals surface area contributed by atoms with E-state index in [0.29, 0.717) is 0 Å². The summed E-state index contributed by atoms with van der Waals surface area (Å²) >= 11 is 0. The number of hydrogen-bond acceptors (Lipinski definition) is 2. The van der Waals surface area contributed by atoms with Gasteiger partial charge in [-0.3, -0.25) is 0 Å². The fourth-order valence-electron chi connectivity index (χ4n) is 8.64. The number of aromatic nitrogens is 1. The Morgan fingerprint density at radius 1 is 0.474 bits per heavy atom. The number of benzene rings is 8. The minimum absolute atomic E-state index is 0.893. The zero-order chi connectivity index (χ0) is 37.9. The standard InChI is InChI=1S/C54H36N2O/c1-2-41(16-12-13-36-23-32-53-47(33-36)46-19-8-11-22-52(46)57-53)55(42-28-24-38(25-29-42)37-14-4-3-5-15-37)43-30-26-39(27-31-43)40-34-48-44-17-6-9-20-50(44)56-51-21-10-7-18-45(51)49(35-40)54(48)56/h2-35H,1H2. The summed E-state index contributed by atoms with van der Waals surface area (Å²) in [4.78, 5) is 2.27. The molecule has 0 saturated carbocycles. The molecule has 0 unspecified atom stereocenters. The van der Waals surface area contributed by atoms with Crippen LogP contribution in [0, 0.1) is 0 Å². The third-order valence-corrected chi connectivity index (χ3v) is 11.3. The number of furan rings is 1. The highest BCUT2D eigenvalue weighted by molar-refractivity contribution is 6.24. The van der Waals surface area contributed by atoms with Crippen LogP contribution >= 0.6 is 0 Å². The maximum absolute atomic E-state index is 6.07. The van der Waals surface area contributed by atoms with Gasteiger partial charge in [-0.2, -0.15) is 0 Å². The lowest BCUT2D eigenvalue weighted by atomic mass is 9.99. The SMILES string of the molecule is C=CC(=CC=Cc1ccc2oc3ccccc3c2c1)N(c1ccc(-c2ccccc2)cc1)c1ccc(-c2cc3c4ccccc4n4c5ccccc5c(c2)c34)cc1. The van der Waals surface area contributed by atoms with Crippen LogP contribution in [-0.4, -0.2) is 4.40 Å². The highest BCUT2D eigenvalue weighted by Crippen LogP contribution is 2.42. The van der Waals surface area contributed by atoms with Crippen molar-refractivity contribution in [3.05, 3.63) is 218 Å². The molecule has 0 saturated heterocycles. The second kappa shape index (κ2) is 13.3. The normalized spacial score (nSPS) is 12.3. The molecule has 3 heterocycles. The molecule has 0 atom stereocenters. The molecule has 0 fully saturated rings. The average Bonchev–Trinajstić information content (AvgIpc) is 3.93. The van der Waals surface area contributed by atoms with Gasteiger partial charge >= 0.3 is 0 Å². The van der Waals surface area contributed by atoms with Crippen molar-refractivity contribution in [3.8, 4) is 22.3 Å². The predicted octanol–water partition coefficient (Wildman–Crippen LogP) is 15.0. The molecule has 0 bridgehead atoms. The fourth-order valence-corrected chi connectivity index (χ4v) is 8.64. The van der Waals surface area contributed by atoms with Crippen molar-refractivity contribution in [3.63, 3.8) is 0 Å². The summed E-state index contributed by atoms with van der Waals surface area (Å²) in [5, 5.41) is 7.35. The molecular formula is C54H36N2O. The van der Waals surface area contributed by atoms with Crippen molar-refractivity contribution in [2.24, 2.45) is 0 Å². The molecule has 3 aromatic heterocycles. The van der Waals surface area contributed by atoms with Crippen LogP contribution in [0.2, 0.25) is 0 Å². The summed E-state index contributed by atoms with van der Waals surface area (Å²) in [5.74, 6) is 0. The Morgan fingerprint density at radius 2 is 1.02 bits per heavy atom. The first-order valence-corrected chi connectivity index (χ1v) is 19.4. The van der Waals surface area contributed by atoms with E-state index in [9.17, 15) is 0 Å². The summed E-state index contributed by atoms with van der Waals surface area (Å²) in [7, 11) is 0. The van der Waals surface area contributed by atoms with E-state index in [2.05, 4.69) is 204 Å². The number of allylic oxidation sites excluding steroid dienone is 3. The van der Waals surface area contributed by atoms with Crippen molar-refractivity contribution < 1.29 is 4.42 Å². The van der Waals surface area contributed by atoms with Crippen LogP contribution in [0.4, 0.5) is 11.4 Å². The van der Waals surface area contributed by atoms with E-state index in [-0.39, 0.29) is 0 Å². The maximum Gasteiger partial charge on any atom is 0.135 e. The van der Waals surface area contributed by atoms with Gasteiger partial charge in [-0.25, -0.2) is 0 Å². The second-order valence-corrected chi connectivity index (χ2v) is 14.6. The Bertz CT molecular complexity index is 3260. The number of fused-ring (bicyclic) bond motifs is 9. The lowest BCUT2D eigenvalue weighted by Gasteiger charge is -2.26. The van der Waals surface area contributed by atoms with E-state index in [1.54, 1.807) is 0 Å². The van der Waals surface area contributed by atoms with Gasteiger partial charge in [0.2, 0.25) is 0 Å². The number of rotatable bonds is 8. The van der Waals surface area contributed by atoms with E-state index < -0.39 is 0 Å². The highest BCUT2D eigenvalue weighted by atomic mass is 16.3. The lowest BCUT2D eigenvalue weighted by molar-refractivity contribution is 0.669. The zero-order valence-electron chi connectivity index (χ0n) is 31.1. The number of anilines is 2. The van der Waals surface area contributed by atoms with Crippen LogP contribution in [0.3, 0.4) is 0 Å². The third kappa shape index (κ3) is 5.43. The van der Waals surface area contributed by atoms with Crippen LogP contribution < -0.4 is 4.90 Å². The van der Waals surface area contributed by atoms with Gasteiger partial charge in [-0.05, 0) is 107 Å². The van der Waals surface area contributed by atoms with Crippen molar-refractivity contribution in [1.82, 2.24) is 4.40 Å². The van der Waals surface area contributed by atoms with Crippen molar-refractivity contribution >= 4 is 77.5 Å². The third-order valence-electron chi connectivity index (χ3n) is 11.3. The monoisotopic (exact) mass is 728 g/mol. The number of nitrogens with zero attached hydrogens (tertiary/aromatic N) is 2. The zero-order valence-corrected chi connectivity index (χ0v) is 31.1. The quantitative estimate of drug-likeness (QED) is 0.145. The molecule has 3 heteroatoms. The first-order valence-electron chi connectivity index (χ1n) is 19.4. The summed E-state index contributed by atoms with van der Waals surface area (Å²) in [6.07, 6.45) is 8.30. The van der Waals surface area contributed by atoms with Crippen LogP contribution in [0.25, 0.3) is 88.4 Å². The fraction of sp³-hybridized carbons (Fsp3) is 0. The van der Waals surface area contributed by atoms with E-state index in [1.165, 1.54) is 60.3 Å². The molecule has 11 rings (SSSR count). The minimum Gasteiger partial charge on any atom is -0.456 e. The highest BCUT2D eigenvalue weighted by Gasteiger charge is 2.19. The molecule has 3 nitrogen and oxygen atoms in total. The van der Waals surface area contributed by atoms with E-state index in [1.807, 2.05) is 18.2 Å². The van der Waals surface area contributed by atoms with E-state index >= 15 is 0 Å². The number of para-hydroxylation sites is 3. The summed E-state index contributed by atoms with van der Waals surface area (Å²) in [6.45, 7) is 4.29. The van der Waals surface area contributed by atoms with Crippen molar-refractivity contribution in [1.29, 1.82) is 0 Å². The summed E-state index contributed by atoms with van der Waals surface area (Å²) < 4.78 is 8.50. The molecule has 11 aromatic rings. The van der Waals surface area contributed by atoms with Crippen LogP contribution in [0.1, 0.15) is 5.56 Å². The van der Waals surface area contributed by atoms with Gasteiger partial charge in [0.05, 0.1) is 16.6 Å². The molecule has 0 amide bonds. The lowest BCUT2D eigenvalue weighted by Crippen LogP contribution is -2.14. The van der Waals surface area contributed by atoms with E-state index in [4.69, 9.17) is 4.42 Å². The van der Waals surface area contributed by atoms with Crippen molar-refractivity contribution in [2.45, 2.75) is 0 Å². The van der Waals surface area contributed by atoms with Gasteiger partial charge in [-0.1, -0.05) is 134 Å². The summed E-state index contributed by atoms with van der Waals surface area (Å²) in [5.41, 5.74) is 14.5. The summed E-state index contributed by atoms with van der Waals surface area (Å²) in [6, 6.07) is 65.0. The largest absolute Gasteiger partial charge is 0.456 e. The molecule has 0 aliphatic rings. The Balaban J connectivity index is 0.995. The second-order valence-electron chi connectivity index (χ2n) is 14.6.